The first-order chi connectivity index (χ1) is 15.7. The summed E-state index contributed by atoms with van der Waals surface area (Å²) in [7, 11) is -3.46. The predicted octanol–water partition coefficient (Wildman–Crippen LogP) is 3.08. The third kappa shape index (κ3) is 5.67. The van der Waals surface area contributed by atoms with Gasteiger partial charge in [0.1, 0.15) is 0 Å². The van der Waals surface area contributed by atoms with Gasteiger partial charge in [0.15, 0.2) is 11.6 Å². The van der Waals surface area contributed by atoms with Crippen molar-refractivity contribution in [1.82, 2.24) is 9.62 Å². The highest BCUT2D eigenvalue weighted by Gasteiger charge is 2.44. The first-order valence-electron chi connectivity index (χ1n) is 11.4. The summed E-state index contributed by atoms with van der Waals surface area (Å²) in [6.45, 7) is 2.37. The fourth-order valence-corrected chi connectivity index (χ4v) is 5.66. The van der Waals surface area contributed by atoms with E-state index in [1.165, 1.54) is 0 Å². The molecule has 8 nitrogen and oxygen atoms in total. The van der Waals surface area contributed by atoms with E-state index in [9.17, 15) is 17.6 Å². The van der Waals surface area contributed by atoms with Crippen molar-refractivity contribution in [3.8, 4) is 5.75 Å². The number of amides is 1. The number of ether oxygens (including phenoxy) is 3. The van der Waals surface area contributed by atoms with Gasteiger partial charge < -0.3 is 14.2 Å². The number of halogens is 1. The van der Waals surface area contributed by atoms with Crippen molar-refractivity contribution < 1.29 is 31.8 Å². The lowest BCUT2D eigenvalue weighted by Crippen LogP contribution is -2.50. The van der Waals surface area contributed by atoms with E-state index in [2.05, 4.69) is 4.72 Å². The van der Waals surface area contributed by atoms with E-state index >= 15 is 0 Å². The molecule has 4 aliphatic rings. The lowest BCUT2D eigenvalue weighted by Gasteiger charge is -2.31. The largest absolute Gasteiger partial charge is 0.490 e. The fraction of sp³-hybridized carbons (Fsp3) is 0.609. The molecule has 1 aromatic rings. The van der Waals surface area contributed by atoms with Crippen LogP contribution in [0.2, 0.25) is 0 Å². The standard InChI is InChI=1S/C23H31FN2O6S/c1-15-13-19(25-33(2,28)29)20-14-32-17-9-7-16(8-10-17)18-5-3-6-21(22(18)24)30-11-4-12-31-23(27)26(15)20/h3,5-7,15,17,19-20,25H,4,8-14H2,1-2H3/t15-,17+,19+,20?/m1/s1. The molecule has 33 heavy (non-hydrogen) atoms. The van der Waals surface area contributed by atoms with Crippen LogP contribution in [0.15, 0.2) is 24.3 Å². The van der Waals surface area contributed by atoms with Gasteiger partial charge in [-0.15, -0.1) is 0 Å². The van der Waals surface area contributed by atoms with Crippen LogP contribution in [0.3, 0.4) is 0 Å². The van der Waals surface area contributed by atoms with Gasteiger partial charge in [0, 0.05) is 24.1 Å². The summed E-state index contributed by atoms with van der Waals surface area (Å²) < 4.78 is 58.7. The number of sulfonamides is 1. The molecule has 0 saturated carbocycles. The molecule has 1 saturated heterocycles. The molecule has 1 N–H and O–H groups in total. The first kappa shape index (κ1) is 24.0. The zero-order valence-corrected chi connectivity index (χ0v) is 19.8. The van der Waals surface area contributed by atoms with Crippen LogP contribution in [0.4, 0.5) is 9.18 Å². The molecule has 3 aliphatic heterocycles. The minimum Gasteiger partial charge on any atom is -0.490 e. The molecule has 0 aromatic heterocycles. The van der Waals surface area contributed by atoms with Crippen LogP contribution in [0.5, 0.6) is 5.75 Å². The Morgan fingerprint density at radius 2 is 2.00 bits per heavy atom. The molecular weight excluding hydrogens is 451 g/mol. The highest BCUT2D eigenvalue weighted by Crippen LogP contribution is 2.34. The zero-order chi connectivity index (χ0) is 23.6. The average molecular weight is 483 g/mol. The summed E-state index contributed by atoms with van der Waals surface area (Å²) in [6, 6.07) is 3.97. The second-order valence-electron chi connectivity index (χ2n) is 8.95. The third-order valence-electron chi connectivity index (χ3n) is 6.41. The third-order valence-corrected chi connectivity index (χ3v) is 7.15. The van der Waals surface area contributed by atoms with Crippen LogP contribution in [-0.4, -0.2) is 69.7 Å². The van der Waals surface area contributed by atoms with E-state index < -0.39 is 28.2 Å². The first-order valence-corrected chi connectivity index (χ1v) is 13.3. The van der Waals surface area contributed by atoms with Crippen LogP contribution in [0.25, 0.3) is 5.57 Å². The summed E-state index contributed by atoms with van der Waals surface area (Å²) in [6.07, 6.45) is 5.32. The van der Waals surface area contributed by atoms with E-state index in [-0.39, 0.29) is 43.5 Å². The number of rotatable bonds is 2. The number of allylic oxidation sites excluding steroid dienone is 1. The van der Waals surface area contributed by atoms with Crippen molar-refractivity contribution in [3.63, 3.8) is 0 Å². The molecule has 1 amide bonds. The Morgan fingerprint density at radius 3 is 2.73 bits per heavy atom. The van der Waals surface area contributed by atoms with E-state index in [0.717, 1.165) is 11.8 Å². The molecule has 5 rings (SSSR count). The van der Waals surface area contributed by atoms with Crippen molar-refractivity contribution in [2.45, 2.75) is 63.3 Å². The van der Waals surface area contributed by atoms with Crippen LogP contribution >= 0.6 is 0 Å². The normalized spacial score (nSPS) is 29.0. The number of nitrogens with zero attached hydrogens (tertiary/aromatic N) is 1. The van der Waals surface area contributed by atoms with E-state index in [1.54, 1.807) is 23.1 Å². The van der Waals surface area contributed by atoms with Gasteiger partial charge in [-0.25, -0.2) is 22.3 Å². The van der Waals surface area contributed by atoms with Crippen molar-refractivity contribution in [1.29, 1.82) is 0 Å². The Labute approximate surface area is 194 Å². The van der Waals surface area contributed by atoms with Gasteiger partial charge in [0.05, 0.1) is 38.2 Å². The van der Waals surface area contributed by atoms with Gasteiger partial charge in [-0.3, -0.25) is 4.90 Å². The zero-order valence-electron chi connectivity index (χ0n) is 19.0. The number of carbonyl (C=O) groups is 1. The highest BCUT2D eigenvalue weighted by atomic mass is 32.2. The summed E-state index contributed by atoms with van der Waals surface area (Å²) in [5, 5.41) is 0. The Hall–Kier alpha value is -2.17. The Kier molecular flexibility index (Phi) is 7.25. The lowest BCUT2D eigenvalue weighted by atomic mass is 9.91. The summed E-state index contributed by atoms with van der Waals surface area (Å²) in [5.41, 5.74) is 1.46. The maximum atomic E-state index is 15.0. The summed E-state index contributed by atoms with van der Waals surface area (Å²) in [5.74, 6) is -0.195. The smallest absolute Gasteiger partial charge is 0.410 e. The minimum absolute atomic E-state index is 0.0976. The number of hydrogen-bond donors (Lipinski definition) is 1. The predicted molar refractivity (Wildman–Crippen MR) is 121 cm³/mol. The summed E-state index contributed by atoms with van der Waals surface area (Å²) >= 11 is 0. The molecule has 4 atom stereocenters. The second kappa shape index (κ2) is 9.99. The van der Waals surface area contributed by atoms with Crippen LogP contribution in [0.1, 0.15) is 44.6 Å². The SMILES string of the molecule is C[C@@H]1C[C@H](NS(C)(=O)=O)C2CO[C@H]3CC=C(CC3)c3cccc(c3F)OCCCOC(=O)N21. The van der Waals surface area contributed by atoms with Crippen molar-refractivity contribution in [2.75, 3.05) is 26.1 Å². The number of hydrogen-bond acceptors (Lipinski definition) is 6. The number of fused-ring (bicyclic) bond motifs is 8. The van der Waals surface area contributed by atoms with Crippen molar-refractivity contribution in [2.24, 2.45) is 0 Å². The molecule has 1 fully saturated rings. The van der Waals surface area contributed by atoms with Crippen LogP contribution in [0, 0.1) is 5.82 Å². The minimum atomic E-state index is -3.46. The fourth-order valence-electron chi connectivity index (χ4n) is 4.86. The topological polar surface area (TPSA) is 94.2 Å². The molecule has 0 spiro atoms. The monoisotopic (exact) mass is 482 g/mol. The molecular formula is C23H31FN2O6S. The molecule has 1 aliphatic carbocycles. The number of nitrogens with one attached hydrogen (secondary N) is 1. The quantitative estimate of drug-likeness (QED) is 0.696. The maximum Gasteiger partial charge on any atom is 0.410 e. The van der Waals surface area contributed by atoms with Crippen LogP contribution in [-0.2, 0) is 19.5 Å². The van der Waals surface area contributed by atoms with Gasteiger partial charge in [-0.1, -0.05) is 18.2 Å². The summed E-state index contributed by atoms with van der Waals surface area (Å²) in [4.78, 5) is 14.5. The Bertz CT molecular complexity index is 1010. The van der Waals surface area contributed by atoms with Gasteiger partial charge in [0.2, 0.25) is 10.0 Å². The van der Waals surface area contributed by atoms with Crippen molar-refractivity contribution in [3.05, 3.63) is 35.7 Å². The van der Waals surface area contributed by atoms with Crippen LogP contribution < -0.4 is 9.46 Å². The van der Waals surface area contributed by atoms with Gasteiger partial charge in [0.25, 0.3) is 0 Å². The highest BCUT2D eigenvalue weighted by molar-refractivity contribution is 7.88. The van der Waals surface area contributed by atoms with Crippen molar-refractivity contribution >= 4 is 21.7 Å². The molecule has 0 radical (unpaired) electrons. The Morgan fingerprint density at radius 1 is 1.21 bits per heavy atom. The molecule has 4 bridgehead atoms. The lowest BCUT2D eigenvalue weighted by molar-refractivity contribution is 0.00364. The van der Waals surface area contributed by atoms with Gasteiger partial charge in [-0.2, -0.15) is 0 Å². The molecule has 3 heterocycles. The second-order valence-corrected chi connectivity index (χ2v) is 10.7. The van der Waals surface area contributed by atoms with E-state index in [0.29, 0.717) is 37.7 Å². The molecule has 10 heteroatoms. The molecule has 1 aromatic carbocycles. The van der Waals surface area contributed by atoms with Gasteiger partial charge >= 0.3 is 6.09 Å². The van der Waals surface area contributed by atoms with E-state index in [1.807, 2.05) is 13.0 Å². The number of benzene rings is 1. The molecule has 182 valence electrons. The van der Waals surface area contributed by atoms with Gasteiger partial charge in [-0.05, 0) is 44.2 Å². The average Bonchev–Trinajstić information content (AvgIpc) is 3.06. The maximum absolute atomic E-state index is 15.0. The molecule has 1 unspecified atom stereocenters. The van der Waals surface area contributed by atoms with E-state index in [4.69, 9.17) is 14.2 Å². The Balaban J connectivity index is 1.57. The number of carbonyl (C=O) groups excluding carboxylic acids is 1.